The van der Waals surface area contributed by atoms with Crippen LogP contribution in [0.2, 0.25) is 5.02 Å². The molecular formula is C13H11BrClNO2. The quantitative estimate of drug-likeness (QED) is 0.913. The van der Waals surface area contributed by atoms with Gasteiger partial charge in [-0.15, -0.1) is 0 Å². The Morgan fingerprint density at radius 1 is 1.39 bits per heavy atom. The van der Waals surface area contributed by atoms with E-state index in [1.807, 2.05) is 19.1 Å². The van der Waals surface area contributed by atoms with Crippen molar-refractivity contribution >= 4 is 33.5 Å². The van der Waals surface area contributed by atoms with Gasteiger partial charge in [-0.1, -0.05) is 33.6 Å². The van der Waals surface area contributed by atoms with Crippen molar-refractivity contribution in [3.8, 4) is 11.3 Å². The van der Waals surface area contributed by atoms with Gasteiger partial charge in [-0.05, 0) is 31.2 Å². The summed E-state index contributed by atoms with van der Waals surface area (Å²) in [5.74, 6) is -0.934. The van der Waals surface area contributed by atoms with E-state index in [1.54, 1.807) is 22.8 Å². The number of hydrogen-bond donors (Lipinski definition) is 1. The number of hydrogen-bond acceptors (Lipinski definition) is 1. The van der Waals surface area contributed by atoms with Crippen molar-refractivity contribution in [1.82, 2.24) is 4.57 Å². The molecule has 1 N–H and O–H groups in total. The van der Waals surface area contributed by atoms with Crippen LogP contribution < -0.4 is 0 Å². The smallest absolute Gasteiger partial charge is 0.352 e. The molecule has 1 aromatic carbocycles. The van der Waals surface area contributed by atoms with Gasteiger partial charge in [0.15, 0.2) is 0 Å². The fourth-order valence-corrected chi connectivity index (χ4v) is 2.70. The maximum atomic E-state index is 11.1. The highest BCUT2D eigenvalue weighted by Gasteiger charge is 2.15. The lowest BCUT2D eigenvalue weighted by Gasteiger charge is -2.10. The van der Waals surface area contributed by atoms with E-state index in [0.717, 1.165) is 15.7 Å². The maximum Gasteiger partial charge on any atom is 0.352 e. The molecule has 5 heteroatoms. The molecule has 0 fully saturated rings. The second kappa shape index (κ2) is 5.16. The highest BCUT2D eigenvalue weighted by atomic mass is 79.9. The van der Waals surface area contributed by atoms with Gasteiger partial charge in [0.25, 0.3) is 0 Å². The van der Waals surface area contributed by atoms with Gasteiger partial charge in [-0.25, -0.2) is 4.79 Å². The van der Waals surface area contributed by atoms with E-state index in [1.165, 1.54) is 0 Å². The van der Waals surface area contributed by atoms with E-state index >= 15 is 0 Å². The molecule has 0 saturated carbocycles. The van der Waals surface area contributed by atoms with Gasteiger partial charge in [0.05, 0.1) is 10.7 Å². The summed E-state index contributed by atoms with van der Waals surface area (Å²) in [4.78, 5) is 11.1. The van der Waals surface area contributed by atoms with Crippen LogP contribution in [0.25, 0.3) is 11.3 Å². The van der Waals surface area contributed by atoms with Crippen LogP contribution in [0.15, 0.2) is 34.8 Å². The lowest BCUT2D eigenvalue weighted by Crippen LogP contribution is -2.08. The molecule has 0 aliphatic heterocycles. The van der Waals surface area contributed by atoms with Gasteiger partial charge in [-0.3, -0.25) is 0 Å². The molecule has 0 bridgehead atoms. The first-order valence-corrected chi connectivity index (χ1v) is 6.60. The van der Waals surface area contributed by atoms with Crippen molar-refractivity contribution in [2.24, 2.45) is 0 Å². The Balaban J connectivity index is 2.60. The monoisotopic (exact) mass is 327 g/mol. The van der Waals surface area contributed by atoms with Gasteiger partial charge in [-0.2, -0.15) is 0 Å². The van der Waals surface area contributed by atoms with Crippen LogP contribution in [-0.2, 0) is 6.54 Å². The number of aromatic carboxylic acids is 1. The maximum absolute atomic E-state index is 11.1. The van der Waals surface area contributed by atoms with E-state index in [4.69, 9.17) is 16.7 Å². The zero-order chi connectivity index (χ0) is 13.3. The van der Waals surface area contributed by atoms with E-state index in [2.05, 4.69) is 15.9 Å². The molecule has 0 radical (unpaired) electrons. The fourth-order valence-electron chi connectivity index (χ4n) is 1.93. The summed E-state index contributed by atoms with van der Waals surface area (Å²) in [5, 5.41) is 9.70. The molecule has 0 spiro atoms. The average molecular weight is 329 g/mol. The van der Waals surface area contributed by atoms with E-state index in [9.17, 15) is 4.79 Å². The number of nitrogens with zero attached hydrogens (tertiary/aromatic N) is 1. The first kappa shape index (κ1) is 13.2. The number of carbonyl (C=O) groups is 1. The molecule has 18 heavy (non-hydrogen) atoms. The summed E-state index contributed by atoms with van der Waals surface area (Å²) in [6.07, 6.45) is 0. The molecule has 0 saturated heterocycles. The standard InChI is InChI=1S/C13H11BrClNO2/c1-2-16-11(5-6-12(16)13(17)18)9-4-3-8(14)7-10(9)15/h3-7H,2H2,1H3,(H,17,18). The minimum atomic E-state index is -0.934. The Kier molecular flexibility index (Phi) is 3.78. The predicted molar refractivity (Wildman–Crippen MR) is 75.2 cm³/mol. The molecule has 2 aromatic rings. The van der Waals surface area contributed by atoms with Gasteiger partial charge >= 0.3 is 5.97 Å². The SMILES string of the molecule is CCn1c(C(=O)O)ccc1-c1ccc(Br)cc1Cl. The van der Waals surface area contributed by atoms with Gasteiger partial charge in [0.1, 0.15) is 5.69 Å². The summed E-state index contributed by atoms with van der Waals surface area (Å²) in [7, 11) is 0. The van der Waals surface area contributed by atoms with Crippen LogP contribution in [0.5, 0.6) is 0 Å². The molecule has 1 aromatic heterocycles. The molecule has 2 rings (SSSR count). The molecule has 0 unspecified atom stereocenters. The Bertz CT molecular complexity index is 607. The summed E-state index contributed by atoms with van der Waals surface area (Å²) in [6.45, 7) is 2.49. The summed E-state index contributed by atoms with van der Waals surface area (Å²) >= 11 is 9.54. The lowest BCUT2D eigenvalue weighted by atomic mass is 10.1. The number of carboxylic acid groups (broad SMARTS) is 1. The topological polar surface area (TPSA) is 42.2 Å². The minimum absolute atomic E-state index is 0.270. The second-order valence-electron chi connectivity index (χ2n) is 3.78. The average Bonchev–Trinajstić information content (AvgIpc) is 2.72. The normalized spacial score (nSPS) is 10.6. The Labute approximate surface area is 118 Å². The van der Waals surface area contributed by atoms with Crippen LogP contribution in [0.3, 0.4) is 0 Å². The summed E-state index contributed by atoms with van der Waals surface area (Å²) in [6, 6.07) is 8.93. The highest BCUT2D eigenvalue weighted by molar-refractivity contribution is 9.10. The van der Waals surface area contributed by atoms with Crippen LogP contribution in [-0.4, -0.2) is 15.6 Å². The van der Waals surface area contributed by atoms with Gasteiger partial charge in [0.2, 0.25) is 0 Å². The molecule has 0 aliphatic rings. The Hall–Kier alpha value is -1.26. The molecule has 0 amide bonds. The Morgan fingerprint density at radius 3 is 2.67 bits per heavy atom. The van der Waals surface area contributed by atoms with Crippen molar-refractivity contribution in [3.05, 3.63) is 45.5 Å². The van der Waals surface area contributed by atoms with Crippen molar-refractivity contribution in [2.45, 2.75) is 13.5 Å². The van der Waals surface area contributed by atoms with E-state index < -0.39 is 5.97 Å². The molecule has 0 aliphatic carbocycles. The van der Waals surface area contributed by atoms with E-state index in [0.29, 0.717) is 11.6 Å². The number of carboxylic acids is 1. The van der Waals surface area contributed by atoms with Gasteiger partial charge < -0.3 is 9.67 Å². The number of benzene rings is 1. The minimum Gasteiger partial charge on any atom is -0.477 e. The third-order valence-corrected chi connectivity index (χ3v) is 3.53. The fraction of sp³-hybridized carbons (Fsp3) is 0.154. The van der Waals surface area contributed by atoms with Crippen LogP contribution >= 0.6 is 27.5 Å². The molecule has 3 nitrogen and oxygen atoms in total. The van der Waals surface area contributed by atoms with Crippen molar-refractivity contribution in [1.29, 1.82) is 0 Å². The van der Waals surface area contributed by atoms with E-state index in [-0.39, 0.29) is 5.69 Å². The summed E-state index contributed by atoms with van der Waals surface area (Å²) in [5.41, 5.74) is 1.91. The van der Waals surface area contributed by atoms with Crippen molar-refractivity contribution in [3.63, 3.8) is 0 Å². The zero-order valence-electron chi connectivity index (χ0n) is 9.65. The Morgan fingerprint density at radius 2 is 2.11 bits per heavy atom. The first-order chi connectivity index (χ1) is 8.54. The van der Waals surface area contributed by atoms with Crippen molar-refractivity contribution < 1.29 is 9.90 Å². The highest BCUT2D eigenvalue weighted by Crippen LogP contribution is 2.31. The molecule has 94 valence electrons. The number of aromatic nitrogens is 1. The third-order valence-electron chi connectivity index (χ3n) is 2.72. The number of rotatable bonds is 3. The van der Waals surface area contributed by atoms with Crippen LogP contribution in [0.4, 0.5) is 0 Å². The molecular weight excluding hydrogens is 318 g/mol. The van der Waals surface area contributed by atoms with Crippen LogP contribution in [0, 0.1) is 0 Å². The van der Waals surface area contributed by atoms with Crippen molar-refractivity contribution in [2.75, 3.05) is 0 Å². The predicted octanol–water partition coefficient (Wildman–Crippen LogP) is 4.29. The summed E-state index contributed by atoms with van der Waals surface area (Å²) < 4.78 is 2.63. The lowest BCUT2D eigenvalue weighted by molar-refractivity contribution is 0.0685. The number of halogens is 2. The van der Waals surface area contributed by atoms with Gasteiger partial charge in [0, 0.05) is 16.6 Å². The molecule has 1 heterocycles. The molecule has 0 atom stereocenters. The largest absolute Gasteiger partial charge is 0.477 e. The zero-order valence-corrected chi connectivity index (χ0v) is 12.0. The second-order valence-corrected chi connectivity index (χ2v) is 5.10. The third kappa shape index (κ3) is 2.31. The van der Waals surface area contributed by atoms with Crippen LogP contribution in [0.1, 0.15) is 17.4 Å². The first-order valence-electron chi connectivity index (χ1n) is 5.42.